The van der Waals surface area contributed by atoms with Gasteiger partial charge in [-0.15, -0.1) is 0 Å². The summed E-state index contributed by atoms with van der Waals surface area (Å²) in [6.45, 7) is 6.58. The maximum Gasteiger partial charge on any atom is 0.415 e. The Morgan fingerprint density at radius 2 is 1.89 bits per heavy atom. The van der Waals surface area contributed by atoms with E-state index in [1.807, 2.05) is 14.1 Å². The summed E-state index contributed by atoms with van der Waals surface area (Å²) in [5.74, 6) is 1.32. The minimum atomic E-state index is -0.356. The number of benzene rings is 1. The molecule has 1 aliphatic rings. The normalized spacial score (nSPS) is 17.8. The van der Waals surface area contributed by atoms with Crippen LogP contribution < -0.4 is 15.1 Å². The smallest absolute Gasteiger partial charge is 0.415 e. The van der Waals surface area contributed by atoms with Gasteiger partial charge in [-0.3, -0.25) is 4.90 Å². The topological polar surface area (TPSA) is 70.6 Å². The van der Waals surface area contributed by atoms with Crippen LogP contribution in [0.3, 0.4) is 0 Å². The van der Waals surface area contributed by atoms with Gasteiger partial charge in [0.05, 0.1) is 12.1 Å². The highest BCUT2D eigenvalue weighted by Gasteiger charge is 2.37. The number of ether oxygens (including phenoxy) is 1. The van der Waals surface area contributed by atoms with Crippen molar-refractivity contribution in [3.8, 4) is 0 Å². The van der Waals surface area contributed by atoms with Crippen LogP contribution in [-0.2, 0) is 4.74 Å². The molecule has 2 heterocycles. The molecule has 0 aliphatic carbocycles. The molecule has 2 atom stereocenters. The zero-order chi connectivity index (χ0) is 19.6. The Hall–Kier alpha value is -2.83. The summed E-state index contributed by atoms with van der Waals surface area (Å²) < 4.78 is 5.22. The van der Waals surface area contributed by atoms with E-state index in [4.69, 9.17) is 4.74 Å². The summed E-state index contributed by atoms with van der Waals surface area (Å²) >= 11 is 0. The lowest BCUT2D eigenvalue weighted by Gasteiger charge is -2.24. The van der Waals surface area contributed by atoms with Crippen molar-refractivity contribution in [1.82, 2.24) is 9.97 Å². The van der Waals surface area contributed by atoms with Crippen molar-refractivity contribution in [3.05, 3.63) is 42.1 Å². The number of hydrogen-bond donors (Lipinski definition) is 1. The Morgan fingerprint density at radius 3 is 2.52 bits per heavy atom. The van der Waals surface area contributed by atoms with Gasteiger partial charge in [0.1, 0.15) is 12.4 Å². The number of carbonyl (C=O) groups is 1. The van der Waals surface area contributed by atoms with E-state index in [1.165, 1.54) is 0 Å². The zero-order valence-electron chi connectivity index (χ0n) is 16.5. The van der Waals surface area contributed by atoms with Crippen LogP contribution in [0.25, 0.3) is 0 Å². The average Bonchev–Trinajstić information content (AvgIpc) is 3.04. The van der Waals surface area contributed by atoms with Gasteiger partial charge in [0.15, 0.2) is 0 Å². The highest BCUT2D eigenvalue weighted by Crippen LogP contribution is 2.27. The standard InChI is InChI=1S/C20H27N5O2/c1-13(2)17-12-27-20(26)25(17)18-10-11-21-19(23-18)22-14(3)15-6-8-16(9-7-15)24(4)5/h6-11,13-14,17H,12H2,1-5H3,(H,21,22,23). The van der Waals surface area contributed by atoms with Gasteiger partial charge >= 0.3 is 6.09 Å². The van der Waals surface area contributed by atoms with Crippen LogP contribution in [0.15, 0.2) is 36.5 Å². The second kappa shape index (κ2) is 7.82. The lowest BCUT2D eigenvalue weighted by atomic mass is 10.0. The van der Waals surface area contributed by atoms with E-state index in [-0.39, 0.29) is 24.1 Å². The fourth-order valence-corrected chi connectivity index (χ4v) is 3.08. The molecular formula is C20H27N5O2. The molecule has 0 radical (unpaired) electrons. The molecule has 1 aromatic heterocycles. The molecule has 144 valence electrons. The first kappa shape index (κ1) is 18.9. The monoisotopic (exact) mass is 369 g/mol. The average molecular weight is 369 g/mol. The molecule has 2 aromatic rings. The highest BCUT2D eigenvalue weighted by molar-refractivity contribution is 5.89. The van der Waals surface area contributed by atoms with Gasteiger partial charge in [-0.05, 0) is 36.6 Å². The van der Waals surface area contributed by atoms with Gasteiger partial charge < -0.3 is 15.0 Å². The maximum absolute atomic E-state index is 12.2. The van der Waals surface area contributed by atoms with E-state index >= 15 is 0 Å². The predicted octanol–water partition coefficient (Wildman–Crippen LogP) is 3.70. The summed E-state index contributed by atoms with van der Waals surface area (Å²) in [4.78, 5) is 24.7. The summed E-state index contributed by atoms with van der Waals surface area (Å²) in [6, 6.07) is 10.1. The second-order valence-corrected chi connectivity index (χ2v) is 7.35. The minimum Gasteiger partial charge on any atom is -0.447 e. The molecule has 1 amide bonds. The molecule has 0 saturated carbocycles. The van der Waals surface area contributed by atoms with E-state index < -0.39 is 0 Å². The molecule has 1 fully saturated rings. The molecule has 7 nitrogen and oxygen atoms in total. The number of hydrogen-bond acceptors (Lipinski definition) is 6. The van der Waals surface area contributed by atoms with Crippen LogP contribution >= 0.6 is 0 Å². The molecular weight excluding hydrogens is 342 g/mol. The highest BCUT2D eigenvalue weighted by atomic mass is 16.6. The van der Waals surface area contributed by atoms with Crippen molar-refractivity contribution in [1.29, 1.82) is 0 Å². The summed E-state index contributed by atoms with van der Waals surface area (Å²) in [6.07, 6.45) is 1.31. The largest absolute Gasteiger partial charge is 0.447 e. The van der Waals surface area contributed by atoms with E-state index in [0.717, 1.165) is 11.3 Å². The number of carbonyl (C=O) groups excluding carboxylic acids is 1. The van der Waals surface area contributed by atoms with Crippen LogP contribution in [0.4, 0.5) is 22.2 Å². The quantitative estimate of drug-likeness (QED) is 0.837. The third-order valence-corrected chi connectivity index (χ3v) is 4.82. The second-order valence-electron chi connectivity index (χ2n) is 7.35. The summed E-state index contributed by atoms with van der Waals surface area (Å²) in [5.41, 5.74) is 2.28. The number of nitrogens with zero attached hydrogens (tertiary/aromatic N) is 4. The van der Waals surface area contributed by atoms with Crippen LogP contribution in [0.1, 0.15) is 32.4 Å². The lowest BCUT2D eigenvalue weighted by Crippen LogP contribution is -2.37. The van der Waals surface area contributed by atoms with Crippen molar-refractivity contribution in [2.24, 2.45) is 5.92 Å². The van der Waals surface area contributed by atoms with Crippen LogP contribution in [0, 0.1) is 5.92 Å². The summed E-state index contributed by atoms with van der Waals surface area (Å²) in [7, 11) is 4.04. The third-order valence-electron chi connectivity index (χ3n) is 4.82. The van der Waals surface area contributed by atoms with Gasteiger partial charge in [0.25, 0.3) is 0 Å². The first-order valence-corrected chi connectivity index (χ1v) is 9.19. The van der Waals surface area contributed by atoms with Crippen LogP contribution in [0.2, 0.25) is 0 Å². The van der Waals surface area contributed by atoms with E-state index in [1.54, 1.807) is 17.2 Å². The first-order valence-electron chi connectivity index (χ1n) is 9.19. The number of amides is 1. The van der Waals surface area contributed by atoms with Gasteiger partial charge in [-0.25, -0.2) is 9.78 Å². The Labute approximate surface area is 160 Å². The molecule has 1 N–H and O–H groups in total. The molecule has 27 heavy (non-hydrogen) atoms. The number of anilines is 3. The molecule has 0 bridgehead atoms. The SMILES string of the molecule is CC(Nc1nccc(N2C(=O)OCC2C(C)C)n1)c1ccc(N(C)C)cc1. The number of cyclic esters (lactones) is 1. The number of aromatic nitrogens is 2. The van der Waals surface area contributed by atoms with E-state index in [0.29, 0.717) is 18.4 Å². The Balaban J connectivity index is 1.76. The van der Waals surface area contributed by atoms with Gasteiger partial charge in [0.2, 0.25) is 5.95 Å². The maximum atomic E-state index is 12.2. The first-order chi connectivity index (χ1) is 12.9. The fourth-order valence-electron chi connectivity index (χ4n) is 3.08. The molecule has 2 unspecified atom stereocenters. The van der Waals surface area contributed by atoms with Crippen LogP contribution in [0.5, 0.6) is 0 Å². The molecule has 1 aliphatic heterocycles. The van der Waals surface area contributed by atoms with Crippen molar-refractivity contribution in [2.75, 3.05) is 35.8 Å². The molecule has 7 heteroatoms. The lowest BCUT2D eigenvalue weighted by molar-refractivity contribution is 0.177. The number of nitrogens with one attached hydrogen (secondary N) is 1. The van der Waals surface area contributed by atoms with E-state index in [2.05, 4.69) is 65.2 Å². The van der Waals surface area contributed by atoms with Gasteiger partial charge in [-0.1, -0.05) is 26.0 Å². The minimum absolute atomic E-state index is 0.0174. The Bertz CT molecular complexity index is 791. The zero-order valence-corrected chi connectivity index (χ0v) is 16.5. The predicted molar refractivity (Wildman–Crippen MR) is 107 cm³/mol. The molecule has 1 aromatic carbocycles. The van der Waals surface area contributed by atoms with Crippen molar-refractivity contribution in [2.45, 2.75) is 32.9 Å². The van der Waals surface area contributed by atoms with Crippen molar-refractivity contribution < 1.29 is 9.53 Å². The van der Waals surface area contributed by atoms with Crippen molar-refractivity contribution in [3.63, 3.8) is 0 Å². The Kier molecular flexibility index (Phi) is 5.48. The number of rotatable bonds is 6. The molecule has 0 spiro atoms. The molecule has 3 rings (SSSR count). The Morgan fingerprint density at radius 1 is 1.19 bits per heavy atom. The van der Waals surface area contributed by atoms with Crippen molar-refractivity contribution >= 4 is 23.5 Å². The molecule has 1 saturated heterocycles. The fraction of sp³-hybridized carbons (Fsp3) is 0.450. The van der Waals surface area contributed by atoms with E-state index in [9.17, 15) is 4.79 Å². The van der Waals surface area contributed by atoms with Crippen LogP contribution in [-0.4, -0.2) is 42.8 Å². The summed E-state index contributed by atoms with van der Waals surface area (Å²) in [5, 5.41) is 3.32. The van der Waals surface area contributed by atoms with Gasteiger partial charge in [0, 0.05) is 26.0 Å². The third kappa shape index (κ3) is 4.13. The van der Waals surface area contributed by atoms with Gasteiger partial charge in [-0.2, -0.15) is 4.98 Å².